The molecule has 0 amide bonds. The Morgan fingerprint density at radius 1 is 1.15 bits per heavy atom. The van der Waals surface area contributed by atoms with E-state index in [2.05, 4.69) is 24.4 Å². The standard InChI is InChI=1S/C17H27NO2/c1-13-5-4-6-14(9-13)11-18-12-15-7-8-16(19-2)17(10-15)20-3/h7-8,10,13-14,18H,4-6,9,11-12H2,1-3H3. The molecule has 3 heteroatoms. The maximum atomic E-state index is 5.33. The van der Waals surface area contributed by atoms with Crippen LogP contribution in [0.3, 0.4) is 0 Å². The number of hydrogen-bond acceptors (Lipinski definition) is 3. The normalized spacial score (nSPS) is 22.6. The van der Waals surface area contributed by atoms with Crippen LogP contribution in [-0.4, -0.2) is 20.8 Å². The number of methoxy groups -OCH3 is 2. The molecule has 2 rings (SSSR count). The molecule has 0 aliphatic heterocycles. The van der Waals surface area contributed by atoms with E-state index in [1.165, 1.54) is 31.2 Å². The van der Waals surface area contributed by atoms with E-state index in [-0.39, 0.29) is 0 Å². The summed E-state index contributed by atoms with van der Waals surface area (Å²) in [6.45, 7) is 4.39. The summed E-state index contributed by atoms with van der Waals surface area (Å²) < 4.78 is 10.6. The fourth-order valence-corrected chi connectivity index (χ4v) is 3.16. The molecular weight excluding hydrogens is 250 g/mol. The lowest BCUT2D eigenvalue weighted by atomic mass is 9.82. The highest BCUT2D eigenvalue weighted by Gasteiger charge is 2.18. The summed E-state index contributed by atoms with van der Waals surface area (Å²) in [5.41, 5.74) is 1.24. The van der Waals surface area contributed by atoms with Crippen LogP contribution >= 0.6 is 0 Å². The van der Waals surface area contributed by atoms with E-state index in [1.807, 2.05) is 6.07 Å². The second-order valence-corrected chi connectivity index (χ2v) is 5.96. The molecule has 1 aromatic rings. The lowest BCUT2D eigenvalue weighted by Crippen LogP contribution is -2.26. The summed E-state index contributed by atoms with van der Waals surface area (Å²) in [4.78, 5) is 0. The van der Waals surface area contributed by atoms with Crippen LogP contribution in [0.2, 0.25) is 0 Å². The van der Waals surface area contributed by atoms with E-state index in [4.69, 9.17) is 9.47 Å². The van der Waals surface area contributed by atoms with Crippen molar-refractivity contribution in [3.05, 3.63) is 23.8 Å². The van der Waals surface area contributed by atoms with Crippen LogP contribution in [-0.2, 0) is 6.54 Å². The SMILES string of the molecule is COc1ccc(CNCC2CCCC(C)C2)cc1OC. The quantitative estimate of drug-likeness (QED) is 0.861. The summed E-state index contributed by atoms with van der Waals surface area (Å²) in [5.74, 6) is 3.34. The highest BCUT2D eigenvalue weighted by molar-refractivity contribution is 5.42. The molecule has 2 unspecified atom stereocenters. The number of ether oxygens (including phenoxy) is 2. The van der Waals surface area contributed by atoms with Crippen LogP contribution in [0.4, 0.5) is 0 Å². The van der Waals surface area contributed by atoms with Crippen molar-refractivity contribution in [3.63, 3.8) is 0 Å². The van der Waals surface area contributed by atoms with Gasteiger partial charge in [-0.05, 0) is 48.9 Å². The third-order valence-electron chi connectivity index (χ3n) is 4.26. The smallest absolute Gasteiger partial charge is 0.161 e. The summed E-state index contributed by atoms with van der Waals surface area (Å²) in [7, 11) is 3.35. The Labute approximate surface area is 122 Å². The van der Waals surface area contributed by atoms with Crippen molar-refractivity contribution in [2.45, 2.75) is 39.2 Å². The lowest BCUT2D eigenvalue weighted by molar-refractivity contribution is 0.274. The first-order chi connectivity index (χ1) is 9.72. The van der Waals surface area contributed by atoms with E-state index in [0.717, 1.165) is 36.4 Å². The van der Waals surface area contributed by atoms with E-state index in [9.17, 15) is 0 Å². The van der Waals surface area contributed by atoms with Crippen molar-refractivity contribution in [2.75, 3.05) is 20.8 Å². The first-order valence-electron chi connectivity index (χ1n) is 7.64. The van der Waals surface area contributed by atoms with Gasteiger partial charge in [-0.2, -0.15) is 0 Å². The average Bonchev–Trinajstić information content (AvgIpc) is 2.47. The number of rotatable bonds is 6. The number of hydrogen-bond donors (Lipinski definition) is 1. The molecule has 1 fully saturated rings. The fourth-order valence-electron chi connectivity index (χ4n) is 3.16. The maximum absolute atomic E-state index is 5.33. The van der Waals surface area contributed by atoms with Crippen molar-refractivity contribution >= 4 is 0 Å². The molecule has 1 aromatic carbocycles. The predicted molar refractivity (Wildman–Crippen MR) is 82.4 cm³/mol. The minimum Gasteiger partial charge on any atom is -0.493 e. The van der Waals surface area contributed by atoms with Crippen LogP contribution < -0.4 is 14.8 Å². The van der Waals surface area contributed by atoms with Gasteiger partial charge < -0.3 is 14.8 Å². The van der Waals surface area contributed by atoms with Crippen LogP contribution in [0.1, 0.15) is 38.2 Å². The Kier molecular flexibility index (Phi) is 5.72. The molecule has 1 saturated carbocycles. The Morgan fingerprint density at radius 3 is 2.65 bits per heavy atom. The molecule has 0 saturated heterocycles. The van der Waals surface area contributed by atoms with Gasteiger partial charge in [0.15, 0.2) is 11.5 Å². The van der Waals surface area contributed by atoms with Crippen LogP contribution in [0.15, 0.2) is 18.2 Å². The van der Waals surface area contributed by atoms with Gasteiger partial charge in [0.25, 0.3) is 0 Å². The molecule has 0 spiro atoms. The minimum absolute atomic E-state index is 0.789. The summed E-state index contributed by atoms with van der Waals surface area (Å²) in [6.07, 6.45) is 5.55. The largest absolute Gasteiger partial charge is 0.493 e. The third kappa shape index (κ3) is 4.14. The number of benzene rings is 1. The molecule has 1 N–H and O–H groups in total. The molecule has 112 valence electrons. The molecule has 1 aliphatic carbocycles. The Morgan fingerprint density at radius 2 is 1.95 bits per heavy atom. The first-order valence-corrected chi connectivity index (χ1v) is 7.64. The molecule has 20 heavy (non-hydrogen) atoms. The van der Waals surface area contributed by atoms with Crippen LogP contribution in [0.25, 0.3) is 0 Å². The third-order valence-corrected chi connectivity index (χ3v) is 4.26. The van der Waals surface area contributed by atoms with Gasteiger partial charge >= 0.3 is 0 Å². The second-order valence-electron chi connectivity index (χ2n) is 5.96. The van der Waals surface area contributed by atoms with Gasteiger partial charge in [0, 0.05) is 6.54 Å². The van der Waals surface area contributed by atoms with Crippen molar-refractivity contribution in [1.29, 1.82) is 0 Å². The molecule has 0 radical (unpaired) electrons. The van der Waals surface area contributed by atoms with E-state index in [0.29, 0.717) is 0 Å². The Hall–Kier alpha value is -1.22. The van der Waals surface area contributed by atoms with Crippen LogP contribution in [0, 0.1) is 11.8 Å². The monoisotopic (exact) mass is 277 g/mol. The van der Waals surface area contributed by atoms with Gasteiger partial charge in [-0.1, -0.05) is 25.8 Å². The summed E-state index contributed by atoms with van der Waals surface area (Å²) in [6, 6.07) is 6.12. The number of nitrogens with one attached hydrogen (secondary N) is 1. The zero-order chi connectivity index (χ0) is 14.4. The van der Waals surface area contributed by atoms with Gasteiger partial charge in [0.05, 0.1) is 14.2 Å². The van der Waals surface area contributed by atoms with Gasteiger partial charge in [0.2, 0.25) is 0 Å². The predicted octanol–water partition coefficient (Wildman–Crippen LogP) is 3.62. The van der Waals surface area contributed by atoms with E-state index in [1.54, 1.807) is 14.2 Å². The average molecular weight is 277 g/mol. The van der Waals surface area contributed by atoms with E-state index >= 15 is 0 Å². The highest BCUT2D eigenvalue weighted by atomic mass is 16.5. The molecule has 3 nitrogen and oxygen atoms in total. The topological polar surface area (TPSA) is 30.5 Å². The molecule has 0 bridgehead atoms. The molecule has 0 heterocycles. The van der Waals surface area contributed by atoms with E-state index < -0.39 is 0 Å². The first kappa shape index (κ1) is 15.2. The molecule has 2 atom stereocenters. The zero-order valence-corrected chi connectivity index (χ0v) is 12.9. The molecule has 0 aromatic heterocycles. The Balaban J connectivity index is 1.81. The minimum atomic E-state index is 0.789. The fraction of sp³-hybridized carbons (Fsp3) is 0.647. The maximum Gasteiger partial charge on any atom is 0.161 e. The van der Waals surface area contributed by atoms with Gasteiger partial charge in [-0.25, -0.2) is 0 Å². The zero-order valence-electron chi connectivity index (χ0n) is 12.9. The Bertz CT molecular complexity index is 419. The molecule has 1 aliphatic rings. The van der Waals surface area contributed by atoms with Crippen molar-refractivity contribution in [2.24, 2.45) is 11.8 Å². The lowest BCUT2D eigenvalue weighted by Gasteiger charge is -2.26. The molecular formula is C17H27NO2. The van der Waals surface area contributed by atoms with Crippen molar-refractivity contribution in [3.8, 4) is 11.5 Å². The second kappa shape index (κ2) is 7.53. The van der Waals surface area contributed by atoms with Crippen molar-refractivity contribution < 1.29 is 9.47 Å². The van der Waals surface area contributed by atoms with Crippen LogP contribution in [0.5, 0.6) is 11.5 Å². The summed E-state index contributed by atoms with van der Waals surface area (Å²) in [5, 5.41) is 3.58. The highest BCUT2D eigenvalue weighted by Crippen LogP contribution is 2.29. The van der Waals surface area contributed by atoms with Gasteiger partial charge in [0.1, 0.15) is 0 Å². The summed E-state index contributed by atoms with van der Waals surface area (Å²) >= 11 is 0. The van der Waals surface area contributed by atoms with Gasteiger partial charge in [-0.15, -0.1) is 0 Å². The van der Waals surface area contributed by atoms with Crippen molar-refractivity contribution in [1.82, 2.24) is 5.32 Å². The van der Waals surface area contributed by atoms with Gasteiger partial charge in [-0.3, -0.25) is 0 Å².